The quantitative estimate of drug-likeness (QED) is 0.416. The maximum absolute atomic E-state index is 13.6. The second-order valence-corrected chi connectivity index (χ2v) is 11.6. The minimum atomic E-state index is -0.950. The zero-order chi connectivity index (χ0) is 29.5. The van der Waals surface area contributed by atoms with Gasteiger partial charge >= 0.3 is 0 Å². The van der Waals surface area contributed by atoms with Crippen molar-refractivity contribution in [1.29, 1.82) is 5.26 Å². The summed E-state index contributed by atoms with van der Waals surface area (Å²) < 4.78 is 21.8. The number of rotatable bonds is 6. The van der Waals surface area contributed by atoms with Crippen LogP contribution in [0.5, 0.6) is 5.88 Å². The summed E-state index contributed by atoms with van der Waals surface area (Å²) in [5.41, 5.74) is 6.58. The Morgan fingerprint density at radius 3 is 2.62 bits per heavy atom. The molecular formula is C31H37FN8O2. The first-order chi connectivity index (χ1) is 20.3. The zero-order valence-corrected chi connectivity index (χ0v) is 24.6. The molecule has 5 heterocycles. The lowest BCUT2D eigenvalue weighted by atomic mass is 9.97. The van der Waals surface area contributed by atoms with Crippen molar-refractivity contribution in [3.05, 3.63) is 53.1 Å². The van der Waals surface area contributed by atoms with E-state index >= 15 is 0 Å². The summed E-state index contributed by atoms with van der Waals surface area (Å²) in [6.45, 7) is 9.76. The average molecular weight is 573 g/mol. The van der Waals surface area contributed by atoms with Crippen LogP contribution in [0, 0.1) is 18.3 Å². The highest BCUT2D eigenvalue weighted by Crippen LogP contribution is 2.40. The molecule has 0 spiro atoms. The van der Waals surface area contributed by atoms with Gasteiger partial charge in [-0.05, 0) is 45.3 Å². The fourth-order valence-electron chi connectivity index (χ4n) is 6.70. The molecule has 1 amide bonds. The lowest BCUT2D eigenvalue weighted by Crippen LogP contribution is -2.49. The highest BCUT2D eigenvalue weighted by Gasteiger charge is 2.33. The Morgan fingerprint density at radius 1 is 1.14 bits per heavy atom. The molecule has 2 saturated heterocycles. The first-order valence-corrected chi connectivity index (χ1v) is 14.6. The molecule has 1 aromatic carbocycles. The van der Waals surface area contributed by atoms with Crippen LogP contribution >= 0.6 is 0 Å². The van der Waals surface area contributed by atoms with E-state index in [1.165, 1.54) is 10.5 Å². The van der Waals surface area contributed by atoms with Gasteiger partial charge in [-0.2, -0.15) is 10.4 Å². The smallest absolute Gasteiger partial charge is 0.282 e. The second-order valence-electron chi connectivity index (χ2n) is 11.6. The molecule has 0 saturated carbocycles. The predicted molar refractivity (Wildman–Crippen MR) is 159 cm³/mol. The number of nitrogens with zero attached hydrogens (tertiary/aromatic N) is 8. The van der Waals surface area contributed by atoms with Crippen molar-refractivity contribution < 1.29 is 13.9 Å². The first-order valence-electron chi connectivity index (χ1n) is 14.6. The number of nitriles is 1. The standard InChI is InChI=1S/C31H37FN8O2/c1-20-7-8-22-17-34-37(4)28(22)27(20)40-11-9-24-26(18-40)35-30(42-19-23-6-5-10-36(23)3)25(16-33)29(24)38-12-14-39(15-13-38)31(41)21(2)32/h7-8,17,23H,2,5-6,9-15,18-19H2,1,3-4H3/t23-/m0/s1. The van der Waals surface area contributed by atoms with Gasteiger partial charge in [0.1, 0.15) is 18.2 Å². The summed E-state index contributed by atoms with van der Waals surface area (Å²) in [5.74, 6) is -1.26. The van der Waals surface area contributed by atoms with Gasteiger partial charge in [0.2, 0.25) is 5.88 Å². The Labute approximate surface area is 245 Å². The highest BCUT2D eigenvalue weighted by atomic mass is 19.1. The van der Waals surface area contributed by atoms with Gasteiger partial charge in [-0.25, -0.2) is 9.37 Å². The molecule has 42 heavy (non-hydrogen) atoms. The van der Waals surface area contributed by atoms with Crippen molar-refractivity contribution in [1.82, 2.24) is 24.6 Å². The van der Waals surface area contributed by atoms with Crippen molar-refractivity contribution in [3.8, 4) is 11.9 Å². The molecule has 3 aromatic rings. The minimum absolute atomic E-state index is 0.280. The monoisotopic (exact) mass is 572 g/mol. The SMILES string of the molecule is C=C(F)C(=O)N1CCN(c2c(C#N)c(OC[C@@H]3CCCN3C)nc3c2CCN(c2c(C)ccc4cnn(C)c24)C3)CC1. The molecule has 6 rings (SSSR count). The van der Waals surface area contributed by atoms with Gasteiger partial charge in [0.05, 0.1) is 35.3 Å². The first kappa shape index (κ1) is 28.0. The number of halogens is 1. The van der Waals surface area contributed by atoms with Crippen LogP contribution in [0.15, 0.2) is 30.7 Å². The molecule has 10 nitrogen and oxygen atoms in total. The van der Waals surface area contributed by atoms with Crippen molar-refractivity contribution in [2.45, 2.75) is 38.8 Å². The van der Waals surface area contributed by atoms with Crippen LogP contribution in [0.1, 0.15) is 35.2 Å². The Hall–Kier alpha value is -4.17. The van der Waals surface area contributed by atoms with Crippen LogP contribution in [0.2, 0.25) is 0 Å². The van der Waals surface area contributed by atoms with Crippen molar-refractivity contribution >= 4 is 28.2 Å². The molecule has 220 valence electrons. The second kappa shape index (κ2) is 11.2. The number of aromatic nitrogens is 3. The fourth-order valence-corrected chi connectivity index (χ4v) is 6.70. The van der Waals surface area contributed by atoms with E-state index in [0.29, 0.717) is 57.2 Å². The van der Waals surface area contributed by atoms with Crippen LogP contribution in [0.25, 0.3) is 10.9 Å². The number of hydrogen-bond donors (Lipinski definition) is 0. The van der Waals surface area contributed by atoms with Crippen LogP contribution in [0.4, 0.5) is 15.8 Å². The van der Waals surface area contributed by atoms with Gasteiger partial charge in [-0.15, -0.1) is 0 Å². The molecule has 0 aliphatic carbocycles. The predicted octanol–water partition coefficient (Wildman–Crippen LogP) is 3.32. The normalized spacial score (nSPS) is 19.2. The van der Waals surface area contributed by atoms with Gasteiger partial charge in [0.15, 0.2) is 5.83 Å². The summed E-state index contributed by atoms with van der Waals surface area (Å²) in [6.07, 6.45) is 4.76. The number of likely N-dealkylation sites (tertiary alicyclic amines) is 1. The number of aryl methyl sites for hydroxylation is 2. The molecule has 11 heteroatoms. The lowest BCUT2D eigenvalue weighted by molar-refractivity contribution is -0.128. The van der Waals surface area contributed by atoms with Gasteiger partial charge in [-0.1, -0.05) is 18.7 Å². The molecule has 0 N–H and O–H groups in total. The molecule has 2 aromatic heterocycles. The average Bonchev–Trinajstić information content (AvgIpc) is 3.58. The third-order valence-corrected chi connectivity index (χ3v) is 9.00. The highest BCUT2D eigenvalue weighted by molar-refractivity contribution is 5.93. The Bertz CT molecular complexity index is 1590. The van der Waals surface area contributed by atoms with E-state index in [1.807, 2.05) is 17.9 Å². The number of fused-ring (bicyclic) bond motifs is 2. The van der Waals surface area contributed by atoms with Crippen LogP contribution < -0.4 is 14.5 Å². The molecule has 0 bridgehead atoms. The summed E-state index contributed by atoms with van der Waals surface area (Å²) in [4.78, 5) is 25.5. The fraction of sp³-hybridized carbons (Fsp3) is 0.484. The van der Waals surface area contributed by atoms with Crippen LogP contribution in [0.3, 0.4) is 0 Å². The minimum Gasteiger partial charge on any atom is -0.475 e. The van der Waals surface area contributed by atoms with Gasteiger partial charge in [0.25, 0.3) is 5.91 Å². The van der Waals surface area contributed by atoms with Gasteiger partial charge < -0.3 is 24.3 Å². The molecular weight excluding hydrogens is 535 g/mol. The molecule has 1 atom stereocenters. The maximum atomic E-state index is 13.6. The van der Waals surface area contributed by atoms with Crippen molar-refractivity contribution in [2.24, 2.45) is 7.05 Å². The topological polar surface area (TPSA) is 93.8 Å². The maximum Gasteiger partial charge on any atom is 0.282 e. The zero-order valence-electron chi connectivity index (χ0n) is 24.6. The van der Waals surface area contributed by atoms with E-state index in [2.05, 4.69) is 58.6 Å². The van der Waals surface area contributed by atoms with E-state index in [-0.39, 0.29) is 6.04 Å². The molecule has 3 aliphatic rings. The third-order valence-electron chi connectivity index (χ3n) is 9.00. The summed E-state index contributed by atoms with van der Waals surface area (Å²) in [5, 5.41) is 16.0. The van der Waals surface area contributed by atoms with Crippen LogP contribution in [-0.4, -0.2) is 89.4 Å². The van der Waals surface area contributed by atoms with Crippen molar-refractivity contribution in [3.63, 3.8) is 0 Å². The number of piperazine rings is 1. The number of hydrogen-bond acceptors (Lipinski definition) is 8. The number of ether oxygens (including phenoxy) is 1. The molecule has 0 radical (unpaired) electrons. The lowest BCUT2D eigenvalue weighted by Gasteiger charge is -2.39. The Morgan fingerprint density at radius 2 is 1.93 bits per heavy atom. The van der Waals surface area contributed by atoms with Gasteiger partial charge in [0, 0.05) is 56.8 Å². The summed E-state index contributed by atoms with van der Waals surface area (Å²) >= 11 is 0. The summed E-state index contributed by atoms with van der Waals surface area (Å²) in [6, 6.07) is 6.92. The number of likely N-dealkylation sites (N-methyl/N-ethyl adjacent to an activating group) is 1. The largest absolute Gasteiger partial charge is 0.475 e. The van der Waals surface area contributed by atoms with Crippen LogP contribution in [-0.2, 0) is 24.8 Å². The van der Waals surface area contributed by atoms with Gasteiger partial charge in [-0.3, -0.25) is 9.48 Å². The summed E-state index contributed by atoms with van der Waals surface area (Å²) in [7, 11) is 4.07. The van der Waals surface area contributed by atoms with E-state index in [1.54, 1.807) is 0 Å². The number of pyridine rings is 1. The Balaban J connectivity index is 1.38. The van der Waals surface area contributed by atoms with Crippen molar-refractivity contribution in [2.75, 3.05) is 62.7 Å². The van der Waals surface area contributed by atoms with E-state index in [4.69, 9.17) is 9.72 Å². The molecule has 2 fully saturated rings. The number of carbonyl (C=O) groups is 1. The van der Waals surface area contributed by atoms with E-state index < -0.39 is 11.7 Å². The number of benzene rings is 1. The molecule has 3 aliphatic heterocycles. The number of amides is 1. The number of carbonyl (C=O) groups excluding carboxylic acids is 1. The van der Waals surface area contributed by atoms with E-state index in [9.17, 15) is 14.4 Å². The van der Waals surface area contributed by atoms with E-state index in [0.717, 1.165) is 59.5 Å². The molecule has 0 unspecified atom stereocenters. The number of anilines is 2. The third kappa shape index (κ3) is 4.94. The Kier molecular flexibility index (Phi) is 7.49.